The van der Waals surface area contributed by atoms with E-state index in [1.807, 2.05) is 38.0 Å². The summed E-state index contributed by atoms with van der Waals surface area (Å²) in [6.45, 7) is -0.541. The van der Waals surface area contributed by atoms with Crippen LogP contribution in [0.1, 0.15) is 12.5 Å². The van der Waals surface area contributed by atoms with E-state index in [4.69, 9.17) is 4.74 Å². The number of nitrogens with zero attached hydrogens (tertiary/aromatic N) is 3. The number of halogens is 3. The molecule has 5 nitrogen and oxygen atoms in total. The molecule has 0 aliphatic rings. The summed E-state index contributed by atoms with van der Waals surface area (Å²) in [5.41, 5.74) is 0.549. The highest BCUT2D eigenvalue weighted by molar-refractivity contribution is 14.0. The Labute approximate surface area is 153 Å². The molecule has 0 N–H and O–H groups in total. The van der Waals surface area contributed by atoms with Crippen molar-refractivity contribution >= 4 is 29.9 Å². The Bertz CT molecular complexity index is 501. The van der Waals surface area contributed by atoms with Crippen molar-refractivity contribution in [3.63, 3.8) is 0 Å². The Morgan fingerprint density at radius 3 is 2.26 bits per heavy atom. The fourth-order valence-electron chi connectivity index (χ4n) is 2.02. The largest absolute Gasteiger partial charge is 0.490 e. The van der Waals surface area contributed by atoms with Crippen LogP contribution in [0.15, 0.2) is 23.2 Å². The number of aliphatic imine (C=N–C) groups is 1. The first-order chi connectivity index (χ1) is 10.4. The molecule has 1 aromatic carbocycles. The number of ether oxygens (including phenoxy) is 2. The van der Waals surface area contributed by atoms with Crippen molar-refractivity contribution in [3.05, 3.63) is 23.8 Å². The van der Waals surface area contributed by atoms with Crippen molar-refractivity contribution in [1.29, 1.82) is 0 Å². The van der Waals surface area contributed by atoms with Gasteiger partial charge in [0.15, 0.2) is 17.5 Å². The molecule has 8 heteroatoms. The highest BCUT2D eigenvalue weighted by Gasteiger charge is 2.16. The zero-order chi connectivity index (χ0) is 16.7. The molecule has 0 bridgehead atoms. The van der Waals surface area contributed by atoms with Crippen LogP contribution in [0.4, 0.5) is 8.78 Å². The molecule has 0 aromatic heterocycles. The highest BCUT2D eigenvalue weighted by Crippen LogP contribution is 2.33. The van der Waals surface area contributed by atoms with E-state index in [0.717, 1.165) is 5.96 Å². The molecule has 0 amide bonds. The molecule has 1 rings (SSSR count). The van der Waals surface area contributed by atoms with Crippen LogP contribution in [0.5, 0.6) is 11.5 Å². The zero-order valence-electron chi connectivity index (χ0n) is 14.0. The van der Waals surface area contributed by atoms with Gasteiger partial charge in [0, 0.05) is 33.8 Å². The van der Waals surface area contributed by atoms with Gasteiger partial charge in [0.2, 0.25) is 0 Å². The van der Waals surface area contributed by atoms with Crippen molar-refractivity contribution < 1.29 is 18.3 Å². The van der Waals surface area contributed by atoms with Gasteiger partial charge in [0.05, 0.1) is 13.2 Å². The fourth-order valence-corrected chi connectivity index (χ4v) is 2.02. The number of hydrogen-bond donors (Lipinski definition) is 0. The summed E-state index contributed by atoms with van der Waals surface area (Å²) in [4.78, 5) is 8.14. The lowest BCUT2D eigenvalue weighted by molar-refractivity contribution is -0.0520. The molecule has 0 aliphatic heterocycles. The van der Waals surface area contributed by atoms with E-state index in [-0.39, 0.29) is 36.3 Å². The third kappa shape index (κ3) is 6.76. The summed E-state index contributed by atoms with van der Waals surface area (Å²) in [6, 6.07) is 5.04. The third-order valence-electron chi connectivity index (χ3n) is 2.76. The molecule has 0 radical (unpaired) electrons. The van der Waals surface area contributed by atoms with E-state index in [1.165, 1.54) is 0 Å². The Balaban J connectivity index is 0.00000484. The summed E-state index contributed by atoms with van der Waals surface area (Å²) in [5, 5.41) is 0. The van der Waals surface area contributed by atoms with E-state index < -0.39 is 6.61 Å². The predicted molar refractivity (Wildman–Crippen MR) is 98.2 cm³/mol. The molecule has 132 valence electrons. The summed E-state index contributed by atoms with van der Waals surface area (Å²) >= 11 is 0. The molecule has 0 atom stereocenters. The van der Waals surface area contributed by atoms with Crippen LogP contribution in [-0.4, -0.2) is 57.2 Å². The van der Waals surface area contributed by atoms with Crippen molar-refractivity contribution in [1.82, 2.24) is 9.80 Å². The second-order valence-electron chi connectivity index (χ2n) is 4.96. The van der Waals surface area contributed by atoms with Crippen LogP contribution in [0.25, 0.3) is 0 Å². The van der Waals surface area contributed by atoms with Gasteiger partial charge in [-0.3, -0.25) is 0 Å². The SMILES string of the molecule is CCOc1cccc(CN=C(N(C)C)N(C)C)c1OC(F)F.I. The molecule has 0 spiro atoms. The Hall–Kier alpha value is -1.32. The van der Waals surface area contributed by atoms with Crippen molar-refractivity contribution in [2.75, 3.05) is 34.8 Å². The van der Waals surface area contributed by atoms with Crippen LogP contribution in [0.3, 0.4) is 0 Å². The maximum absolute atomic E-state index is 12.6. The lowest BCUT2D eigenvalue weighted by Gasteiger charge is -2.23. The smallest absolute Gasteiger partial charge is 0.387 e. The number of guanidine groups is 1. The second-order valence-corrected chi connectivity index (χ2v) is 4.96. The molecule has 0 saturated carbocycles. The van der Waals surface area contributed by atoms with Crippen molar-refractivity contribution in [2.24, 2.45) is 4.99 Å². The van der Waals surface area contributed by atoms with Crippen LogP contribution in [-0.2, 0) is 6.54 Å². The molecule has 0 unspecified atom stereocenters. The predicted octanol–water partition coefficient (Wildman–Crippen LogP) is 3.28. The fraction of sp³-hybridized carbons (Fsp3) is 0.533. The standard InChI is InChI=1S/C15H23F2N3O2.HI/c1-6-21-12-9-7-8-11(13(12)22-14(16)17)10-18-15(19(2)3)20(4)5;/h7-9,14H,6,10H2,1-5H3;1H. The van der Waals surface area contributed by atoms with E-state index in [0.29, 0.717) is 17.9 Å². The van der Waals surface area contributed by atoms with Gasteiger partial charge < -0.3 is 19.3 Å². The zero-order valence-corrected chi connectivity index (χ0v) is 16.4. The van der Waals surface area contributed by atoms with Gasteiger partial charge in [-0.2, -0.15) is 8.78 Å². The topological polar surface area (TPSA) is 37.3 Å². The molecule has 0 heterocycles. The minimum Gasteiger partial charge on any atom is -0.490 e. The summed E-state index contributed by atoms with van der Waals surface area (Å²) < 4.78 is 35.3. The maximum atomic E-state index is 12.6. The normalized spacial score (nSPS) is 9.91. The number of hydrogen-bond acceptors (Lipinski definition) is 3. The molecule has 0 aliphatic carbocycles. The Morgan fingerprint density at radius 2 is 1.78 bits per heavy atom. The molecular formula is C15H24F2IN3O2. The summed E-state index contributed by atoms with van der Waals surface area (Å²) in [7, 11) is 7.47. The highest BCUT2D eigenvalue weighted by atomic mass is 127. The minimum absolute atomic E-state index is 0. The van der Waals surface area contributed by atoms with Crippen LogP contribution in [0, 0.1) is 0 Å². The summed E-state index contributed by atoms with van der Waals surface area (Å²) in [5.74, 6) is 1.07. The minimum atomic E-state index is -2.91. The van der Waals surface area contributed by atoms with E-state index >= 15 is 0 Å². The number of alkyl halides is 2. The second kappa shape index (κ2) is 10.5. The quantitative estimate of drug-likeness (QED) is 0.384. The average Bonchev–Trinajstić information content (AvgIpc) is 2.41. The van der Waals surface area contributed by atoms with Gasteiger partial charge in [-0.15, -0.1) is 24.0 Å². The third-order valence-corrected chi connectivity index (χ3v) is 2.76. The van der Waals surface area contributed by atoms with Crippen LogP contribution in [0.2, 0.25) is 0 Å². The van der Waals surface area contributed by atoms with E-state index in [9.17, 15) is 8.78 Å². The van der Waals surface area contributed by atoms with E-state index in [2.05, 4.69) is 9.73 Å². The lowest BCUT2D eigenvalue weighted by Crippen LogP contribution is -2.35. The first-order valence-corrected chi connectivity index (χ1v) is 6.95. The van der Waals surface area contributed by atoms with E-state index in [1.54, 1.807) is 25.1 Å². The average molecular weight is 443 g/mol. The molecular weight excluding hydrogens is 419 g/mol. The summed E-state index contributed by atoms with van der Waals surface area (Å²) in [6.07, 6.45) is 0. The van der Waals surface area contributed by atoms with Gasteiger partial charge in [-0.05, 0) is 13.0 Å². The van der Waals surface area contributed by atoms with Crippen molar-refractivity contribution in [3.8, 4) is 11.5 Å². The Morgan fingerprint density at radius 1 is 1.17 bits per heavy atom. The number of rotatable bonds is 6. The van der Waals surface area contributed by atoms with Crippen LogP contribution >= 0.6 is 24.0 Å². The van der Waals surface area contributed by atoms with Gasteiger partial charge in [-0.25, -0.2) is 4.99 Å². The van der Waals surface area contributed by atoms with Gasteiger partial charge in [0.1, 0.15) is 0 Å². The first-order valence-electron chi connectivity index (χ1n) is 6.95. The van der Waals surface area contributed by atoms with Gasteiger partial charge >= 0.3 is 6.61 Å². The monoisotopic (exact) mass is 443 g/mol. The molecule has 0 fully saturated rings. The maximum Gasteiger partial charge on any atom is 0.387 e. The van der Waals surface area contributed by atoms with Crippen LogP contribution < -0.4 is 9.47 Å². The Kier molecular flexibility index (Phi) is 9.85. The molecule has 1 aromatic rings. The van der Waals surface area contributed by atoms with Crippen molar-refractivity contribution in [2.45, 2.75) is 20.1 Å². The first kappa shape index (κ1) is 21.7. The van der Waals surface area contributed by atoms with Gasteiger partial charge in [0.25, 0.3) is 0 Å². The molecule has 0 saturated heterocycles. The van der Waals surface area contributed by atoms with Gasteiger partial charge in [-0.1, -0.05) is 12.1 Å². The molecule has 23 heavy (non-hydrogen) atoms. The lowest BCUT2D eigenvalue weighted by atomic mass is 10.2. The number of para-hydroxylation sites is 1. The number of benzene rings is 1.